The number of sulfonamides is 1. The van der Waals surface area contributed by atoms with Gasteiger partial charge in [-0.15, -0.1) is 0 Å². The molecule has 0 bridgehead atoms. The molecule has 0 aromatic heterocycles. The fraction of sp³-hybridized carbons (Fsp3) is 0.269. The number of rotatable bonds is 8. The molecule has 8 nitrogen and oxygen atoms in total. The van der Waals surface area contributed by atoms with Crippen LogP contribution in [0, 0.1) is 6.92 Å². The number of nitrogens with one attached hydrogen (secondary N) is 1. The van der Waals surface area contributed by atoms with Crippen LogP contribution in [0.2, 0.25) is 0 Å². The Balaban J connectivity index is 1.61. The maximum atomic E-state index is 13.2. The first-order chi connectivity index (χ1) is 16.8. The van der Waals surface area contributed by atoms with Crippen LogP contribution in [0.5, 0.6) is 17.2 Å². The number of morpholine rings is 1. The first-order valence-electron chi connectivity index (χ1n) is 11.3. The van der Waals surface area contributed by atoms with Gasteiger partial charge in [-0.05, 0) is 61.9 Å². The van der Waals surface area contributed by atoms with Gasteiger partial charge in [0, 0.05) is 13.1 Å². The first kappa shape index (κ1) is 24.7. The number of amides is 1. The predicted octanol–water partition coefficient (Wildman–Crippen LogP) is 4.21. The summed E-state index contributed by atoms with van der Waals surface area (Å²) >= 11 is 0. The summed E-state index contributed by atoms with van der Waals surface area (Å²) in [7, 11) is -3.77. The molecule has 184 valence electrons. The van der Waals surface area contributed by atoms with E-state index in [9.17, 15) is 13.2 Å². The van der Waals surface area contributed by atoms with Crippen molar-refractivity contribution in [3.63, 3.8) is 0 Å². The van der Waals surface area contributed by atoms with Crippen LogP contribution >= 0.6 is 0 Å². The molecule has 3 aromatic rings. The largest absolute Gasteiger partial charge is 0.481 e. The molecule has 1 atom stereocenters. The second-order valence-corrected chi connectivity index (χ2v) is 10.1. The number of ether oxygens (including phenoxy) is 3. The Labute approximate surface area is 205 Å². The van der Waals surface area contributed by atoms with E-state index in [-0.39, 0.29) is 23.7 Å². The third-order valence-corrected chi connectivity index (χ3v) is 7.35. The molecule has 1 fully saturated rings. The van der Waals surface area contributed by atoms with Crippen molar-refractivity contribution in [1.29, 1.82) is 0 Å². The molecule has 9 heteroatoms. The summed E-state index contributed by atoms with van der Waals surface area (Å²) in [6.45, 7) is 4.79. The minimum Gasteiger partial charge on any atom is -0.481 e. The lowest BCUT2D eigenvalue weighted by Crippen LogP contribution is -2.40. The maximum Gasteiger partial charge on any atom is 0.265 e. The molecule has 1 saturated heterocycles. The fourth-order valence-corrected chi connectivity index (χ4v) is 5.02. The number of hydrogen-bond donors (Lipinski definition) is 1. The summed E-state index contributed by atoms with van der Waals surface area (Å²) in [6, 6.07) is 20.9. The number of hydrogen-bond acceptors (Lipinski definition) is 6. The highest BCUT2D eigenvalue weighted by atomic mass is 32.2. The van der Waals surface area contributed by atoms with Crippen LogP contribution in [-0.4, -0.2) is 51.0 Å². The van der Waals surface area contributed by atoms with E-state index < -0.39 is 22.0 Å². The highest BCUT2D eigenvalue weighted by Crippen LogP contribution is 2.33. The Morgan fingerprint density at radius 3 is 2.40 bits per heavy atom. The molecule has 1 aliphatic rings. The number of anilines is 1. The van der Waals surface area contributed by atoms with Crippen LogP contribution in [0.25, 0.3) is 0 Å². The predicted molar refractivity (Wildman–Crippen MR) is 132 cm³/mol. The third-order valence-electron chi connectivity index (χ3n) is 5.46. The first-order valence-corrected chi connectivity index (χ1v) is 12.8. The number of carbonyl (C=O) groups is 1. The fourth-order valence-electron chi connectivity index (χ4n) is 3.59. The highest BCUT2D eigenvalue weighted by Gasteiger charge is 2.28. The van der Waals surface area contributed by atoms with Crippen molar-refractivity contribution in [2.24, 2.45) is 0 Å². The lowest BCUT2D eigenvalue weighted by molar-refractivity contribution is -0.122. The van der Waals surface area contributed by atoms with Gasteiger partial charge in [0.1, 0.15) is 11.5 Å². The average Bonchev–Trinajstić information content (AvgIpc) is 2.86. The smallest absolute Gasteiger partial charge is 0.265 e. The molecule has 1 amide bonds. The minimum absolute atomic E-state index is 0.0577. The Kier molecular flexibility index (Phi) is 7.70. The maximum absolute atomic E-state index is 13.2. The van der Waals surface area contributed by atoms with Gasteiger partial charge in [0.15, 0.2) is 11.9 Å². The molecule has 0 saturated carbocycles. The van der Waals surface area contributed by atoms with Crippen molar-refractivity contribution in [2.75, 3.05) is 31.6 Å². The molecule has 0 radical (unpaired) electrons. The second-order valence-electron chi connectivity index (χ2n) is 8.16. The van der Waals surface area contributed by atoms with Gasteiger partial charge in [0.05, 0.1) is 23.8 Å². The van der Waals surface area contributed by atoms with E-state index in [0.29, 0.717) is 30.5 Å². The van der Waals surface area contributed by atoms with Gasteiger partial charge in [-0.3, -0.25) is 4.79 Å². The van der Waals surface area contributed by atoms with Crippen molar-refractivity contribution in [3.8, 4) is 17.2 Å². The lowest BCUT2D eigenvalue weighted by atomic mass is 10.2. The van der Waals surface area contributed by atoms with Crippen LogP contribution in [0.3, 0.4) is 0 Å². The number of para-hydroxylation sites is 1. The van der Waals surface area contributed by atoms with Gasteiger partial charge >= 0.3 is 0 Å². The van der Waals surface area contributed by atoms with Crippen molar-refractivity contribution in [2.45, 2.75) is 24.8 Å². The van der Waals surface area contributed by atoms with Gasteiger partial charge in [-0.25, -0.2) is 8.42 Å². The molecule has 3 aromatic carbocycles. The lowest BCUT2D eigenvalue weighted by Gasteiger charge is -2.26. The van der Waals surface area contributed by atoms with E-state index in [2.05, 4.69) is 5.32 Å². The molecular formula is C26H28N2O6S. The number of aryl methyl sites for hydroxylation is 1. The summed E-state index contributed by atoms with van der Waals surface area (Å²) in [5.41, 5.74) is 1.24. The summed E-state index contributed by atoms with van der Waals surface area (Å²) in [6.07, 6.45) is -0.833. The quantitative estimate of drug-likeness (QED) is 0.502. The van der Waals surface area contributed by atoms with Crippen LogP contribution in [0.1, 0.15) is 12.5 Å². The monoisotopic (exact) mass is 496 g/mol. The van der Waals surface area contributed by atoms with Crippen molar-refractivity contribution in [1.82, 2.24) is 4.31 Å². The van der Waals surface area contributed by atoms with Crippen molar-refractivity contribution >= 4 is 21.6 Å². The molecule has 1 unspecified atom stereocenters. The van der Waals surface area contributed by atoms with Crippen LogP contribution in [0.15, 0.2) is 77.7 Å². The van der Waals surface area contributed by atoms with Gasteiger partial charge in [-0.1, -0.05) is 30.3 Å². The minimum atomic E-state index is -3.77. The SMILES string of the molecule is Cc1cccc(OC(C)C(=O)Nc2cc(S(=O)(=O)N3CCOCC3)ccc2Oc2ccccc2)c1. The van der Waals surface area contributed by atoms with E-state index in [1.165, 1.54) is 16.4 Å². The Bertz CT molecular complexity index is 1270. The van der Waals surface area contributed by atoms with Gasteiger partial charge in [-0.2, -0.15) is 4.31 Å². The number of nitrogens with zero attached hydrogens (tertiary/aromatic N) is 1. The summed E-state index contributed by atoms with van der Waals surface area (Å²) < 4.78 is 44.8. The van der Waals surface area contributed by atoms with Gasteiger partial charge in [0.2, 0.25) is 10.0 Å². The van der Waals surface area contributed by atoms with Gasteiger partial charge < -0.3 is 19.5 Å². The molecule has 0 aliphatic carbocycles. The second kappa shape index (κ2) is 10.9. The molecule has 0 spiro atoms. The highest BCUT2D eigenvalue weighted by molar-refractivity contribution is 7.89. The Morgan fingerprint density at radius 2 is 1.69 bits per heavy atom. The molecule has 1 heterocycles. The topological polar surface area (TPSA) is 94.2 Å². The average molecular weight is 497 g/mol. The standard InChI is InChI=1S/C26H28N2O6S/c1-19-7-6-10-22(17-19)33-20(2)26(29)27-24-18-23(35(30,31)28-13-15-32-16-14-28)11-12-25(24)34-21-8-4-3-5-9-21/h3-12,17-18,20H,13-16H2,1-2H3,(H,27,29). The zero-order valence-electron chi connectivity index (χ0n) is 19.6. The van der Waals surface area contributed by atoms with E-state index in [4.69, 9.17) is 14.2 Å². The zero-order valence-corrected chi connectivity index (χ0v) is 20.5. The number of benzene rings is 3. The molecule has 4 rings (SSSR count). The molecular weight excluding hydrogens is 468 g/mol. The zero-order chi connectivity index (χ0) is 24.8. The van der Waals surface area contributed by atoms with Crippen LogP contribution in [-0.2, 0) is 19.6 Å². The summed E-state index contributed by atoms with van der Waals surface area (Å²) in [5.74, 6) is 0.992. The number of carbonyl (C=O) groups excluding carboxylic acids is 1. The van der Waals surface area contributed by atoms with Gasteiger partial charge in [0.25, 0.3) is 5.91 Å². The van der Waals surface area contributed by atoms with E-state index >= 15 is 0 Å². The summed E-state index contributed by atoms with van der Waals surface area (Å²) in [5, 5.41) is 2.78. The summed E-state index contributed by atoms with van der Waals surface area (Å²) in [4.78, 5) is 13.1. The Hall–Kier alpha value is -3.40. The molecule has 35 heavy (non-hydrogen) atoms. The van der Waals surface area contributed by atoms with Crippen molar-refractivity contribution < 1.29 is 27.4 Å². The molecule has 1 aliphatic heterocycles. The van der Waals surface area contributed by atoms with Crippen molar-refractivity contribution in [3.05, 3.63) is 78.4 Å². The van der Waals surface area contributed by atoms with E-state index in [1.807, 2.05) is 43.3 Å². The normalized spacial score (nSPS) is 15.3. The Morgan fingerprint density at radius 1 is 0.971 bits per heavy atom. The van der Waals surface area contributed by atoms with E-state index in [1.54, 1.807) is 31.2 Å². The molecule has 1 N–H and O–H groups in total. The van der Waals surface area contributed by atoms with Crippen LogP contribution < -0.4 is 14.8 Å². The van der Waals surface area contributed by atoms with E-state index in [0.717, 1.165) is 5.56 Å². The van der Waals surface area contributed by atoms with Crippen LogP contribution in [0.4, 0.5) is 5.69 Å². The third kappa shape index (κ3) is 6.19.